The molecule has 6 heteroatoms. The summed E-state index contributed by atoms with van der Waals surface area (Å²) in [5, 5.41) is 6.36. The highest BCUT2D eigenvalue weighted by atomic mass is 19.1. The van der Waals surface area contributed by atoms with E-state index in [0.717, 1.165) is 54.9 Å². The molecule has 0 aromatic heterocycles. The Labute approximate surface area is 205 Å². The summed E-state index contributed by atoms with van der Waals surface area (Å²) in [5.74, 6) is -0.442. The van der Waals surface area contributed by atoms with Gasteiger partial charge in [0.2, 0.25) is 0 Å². The van der Waals surface area contributed by atoms with Crippen molar-refractivity contribution in [3.8, 4) is 11.1 Å². The molecule has 1 fully saturated rings. The first-order valence-corrected chi connectivity index (χ1v) is 12.2. The Morgan fingerprint density at radius 3 is 2.80 bits per heavy atom. The second-order valence-electron chi connectivity index (χ2n) is 9.58. The van der Waals surface area contributed by atoms with Gasteiger partial charge in [0.15, 0.2) is 5.78 Å². The molecule has 1 atom stereocenters. The number of carbonyl (C=O) groups excluding carboxylic acids is 2. The highest BCUT2D eigenvalue weighted by Crippen LogP contribution is 2.26. The summed E-state index contributed by atoms with van der Waals surface area (Å²) in [6.45, 7) is 6.26. The molecule has 1 heterocycles. The molecule has 0 bridgehead atoms. The number of halogens is 1. The molecule has 2 N–H and O–H groups in total. The molecular weight excluding hydrogens is 441 g/mol. The van der Waals surface area contributed by atoms with E-state index in [2.05, 4.69) is 34.6 Å². The molecule has 0 unspecified atom stereocenters. The average molecular weight is 472 g/mol. The molecule has 3 aromatic carbocycles. The zero-order chi connectivity index (χ0) is 24.4. The van der Waals surface area contributed by atoms with E-state index in [1.165, 1.54) is 6.07 Å². The van der Waals surface area contributed by atoms with Crippen LogP contribution < -0.4 is 10.6 Å². The molecule has 5 rings (SSSR count). The zero-order valence-corrected chi connectivity index (χ0v) is 19.9. The molecule has 0 radical (unpaired) electrons. The Morgan fingerprint density at radius 1 is 1.06 bits per heavy atom. The molecular formula is C29H30FN3O2. The van der Waals surface area contributed by atoms with Crippen molar-refractivity contribution in [3.63, 3.8) is 0 Å². The maximum absolute atomic E-state index is 14.8. The lowest BCUT2D eigenvalue weighted by atomic mass is 10.00. The number of Topliss-reactive ketones (excluding diaryl/α,β-unsaturated/α-hetero) is 1. The lowest BCUT2D eigenvalue weighted by Crippen LogP contribution is -2.48. The summed E-state index contributed by atoms with van der Waals surface area (Å²) in [6.07, 6.45) is 1.25. The van der Waals surface area contributed by atoms with Gasteiger partial charge < -0.3 is 10.6 Å². The number of hydrogen-bond acceptors (Lipinski definition) is 4. The third-order valence-corrected chi connectivity index (χ3v) is 6.87. The van der Waals surface area contributed by atoms with Gasteiger partial charge in [0.25, 0.3) is 5.91 Å². The number of piperazine rings is 1. The molecule has 5 nitrogen and oxygen atoms in total. The summed E-state index contributed by atoms with van der Waals surface area (Å²) in [6, 6.07) is 18.7. The molecule has 2 aliphatic rings. The lowest BCUT2D eigenvalue weighted by molar-refractivity contribution is 0.0951. The first kappa shape index (κ1) is 23.4. The normalized spacial score (nSPS) is 17.9. The van der Waals surface area contributed by atoms with E-state index in [0.29, 0.717) is 29.2 Å². The first-order valence-electron chi connectivity index (χ1n) is 12.2. The molecule has 35 heavy (non-hydrogen) atoms. The predicted molar refractivity (Wildman–Crippen MR) is 135 cm³/mol. The van der Waals surface area contributed by atoms with Crippen LogP contribution in [0.25, 0.3) is 11.1 Å². The van der Waals surface area contributed by atoms with E-state index in [9.17, 15) is 14.0 Å². The molecule has 1 aliphatic carbocycles. The largest absolute Gasteiger partial charge is 0.348 e. The molecule has 0 spiro atoms. The van der Waals surface area contributed by atoms with Crippen molar-refractivity contribution in [2.45, 2.75) is 38.9 Å². The average Bonchev–Trinajstić information content (AvgIpc) is 3.23. The van der Waals surface area contributed by atoms with E-state index in [1.54, 1.807) is 24.3 Å². The minimum Gasteiger partial charge on any atom is -0.348 e. The quantitative estimate of drug-likeness (QED) is 0.561. The second kappa shape index (κ2) is 10.1. The summed E-state index contributed by atoms with van der Waals surface area (Å²) in [4.78, 5) is 27.1. The minimum atomic E-state index is -0.287. The fraction of sp³-hybridized carbons (Fsp3) is 0.310. The summed E-state index contributed by atoms with van der Waals surface area (Å²) >= 11 is 0. The van der Waals surface area contributed by atoms with Gasteiger partial charge in [-0.15, -0.1) is 0 Å². The number of amides is 1. The molecule has 1 saturated heterocycles. The first-order chi connectivity index (χ1) is 17.0. The predicted octanol–water partition coefficient (Wildman–Crippen LogP) is 4.35. The van der Waals surface area contributed by atoms with Crippen molar-refractivity contribution in [1.29, 1.82) is 0 Å². The summed E-state index contributed by atoms with van der Waals surface area (Å²) in [5.41, 5.74) is 5.44. The maximum atomic E-state index is 14.8. The monoisotopic (exact) mass is 471 g/mol. The Kier molecular flexibility index (Phi) is 6.75. The number of carbonyl (C=O) groups is 2. The van der Waals surface area contributed by atoms with Crippen LogP contribution in [-0.2, 0) is 19.5 Å². The number of nitrogens with one attached hydrogen (secondary N) is 2. The smallest absolute Gasteiger partial charge is 0.251 e. The SMILES string of the molecule is C[C@H]1CN(Cc2cccc(-c3cc(CNC(=O)c4ccc5c(c4)C(=O)CC5)ccc3F)c2)CCN1. The summed E-state index contributed by atoms with van der Waals surface area (Å²) in [7, 11) is 0. The lowest BCUT2D eigenvalue weighted by Gasteiger charge is -2.31. The third kappa shape index (κ3) is 5.34. The van der Waals surface area contributed by atoms with E-state index in [4.69, 9.17) is 0 Å². The fourth-order valence-corrected chi connectivity index (χ4v) is 5.02. The zero-order valence-electron chi connectivity index (χ0n) is 19.9. The van der Waals surface area contributed by atoms with Crippen molar-refractivity contribution in [2.24, 2.45) is 0 Å². The van der Waals surface area contributed by atoms with Crippen LogP contribution >= 0.6 is 0 Å². The van der Waals surface area contributed by atoms with Gasteiger partial charge >= 0.3 is 0 Å². The number of ketones is 1. The standard InChI is InChI=1S/C29H30FN3O2/c1-19-17-33(12-11-31-19)18-21-3-2-4-23(13-21)25-14-20(5-9-27(25)30)16-32-29(35)24-7-6-22-8-10-28(34)26(22)15-24/h2-7,9,13-15,19,31H,8,10-12,16-18H2,1H3,(H,32,35)/t19-/m0/s1. The van der Waals surface area contributed by atoms with Crippen LogP contribution in [0.4, 0.5) is 4.39 Å². The van der Waals surface area contributed by atoms with Crippen molar-refractivity contribution in [2.75, 3.05) is 19.6 Å². The maximum Gasteiger partial charge on any atom is 0.251 e. The molecule has 1 amide bonds. The van der Waals surface area contributed by atoms with Crippen LogP contribution in [0.3, 0.4) is 0 Å². The highest BCUT2D eigenvalue weighted by Gasteiger charge is 2.21. The van der Waals surface area contributed by atoms with E-state index < -0.39 is 0 Å². The van der Waals surface area contributed by atoms with Crippen molar-refractivity contribution in [3.05, 3.63) is 94.3 Å². The molecule has 3 aromatic rings. The van der Waals surface area contributed by atoms with Crippen LogP contribution in [0.1, 0.15) is 50.8 Å². The summed E-state index contributed by atoms with van der Waals surface area (Å²) < 4.78 is 14.8. The third-order valence-electron chi connectivity index (χ3n) is 6.87. The van der Waals surface area contributed by atoms with E-state index in [1.807, 2.05) is 18.2 Å². The van der Waals surface area contributed by atoms with Gasteiger partial charge in [-0.1, -0.05) is 30.3 Å². The van der Waals surface area contributed by atoms with E-state index in [-0.39, 0.29) is 24.1 Å². The number of nitrogens with zero attached hydrogens (tertiary/aromatic N) is 1. The van der Waals surface area contributed by atoms with Crippen molar-refractivity contribution in [1.82, 2.24) is 15.5 Å². The van der Waals surface area contributed by atoms with Crippen LogP contribution in [0.5, 0.6) is 0 Å². The van der Waals surface area contributed by atoms with Gasteiger partial charge in [0, 0.05) is 61.9 Å². The van der Waals surface area contributed by atoms with Gasteiger partial charge in [-0.3, -0.25) is 14.5 Å². The molecule has 0 saturated carbocycles. The number of rotatable bonds is 6. The van der Waals surface area contributed by atoms with Crippen LogP contribution in [0, 0.1) is 5.82 Å². The number of benzene rings is 3. The van der Waals surface area contributed by atoms with Crippen molar-refractivity contribution < 1.29 is 14.0 Å². The van der Waals surface area contributed by atoms with Crippen LogP contribution in [-0.4, -0.2) is 42.3 Å². The van der Waals surface area contributed by atoms with Crippen LogP contribution in [0.2, 0.25) is 0 Å². The number of fused-ring (bicyclic) bond motifs is 1. The molecule has 180 valence electrons. The minimum absolute atomic E-state index is 0.0894. The van der Waals surface area contributed by atoms with Gasteiger partial charge in [0.1, 0.15) is 5.82 Å². The Bertz CT molecular complexity index is 1270. The Hall–Kier alpha value is -3.35. The van der Waals surface area contributed by atoms with Gasteiger partial charge in [-0.05, 0) is 65.9 Å². The van der Waals surface area contributed by atoms with E-state index >= 15 is 0 Å². The topological polar surface area (TPSA) is 61.4 Å². The van der Waals surface area contributed by atoms with Gasteiger partial charge in [-0.25, -0.2) is 4.39 Å². The van der Waals surface area contributed by atoms with Crippen molar-refractivity contribution >= 4 is 11.7 Å². The Balaban J connectivity index is 1.28. The molecule has 1 aliphatic heterocycles. The van der Waals surface area contributed by atoms with Gasteiger partial charge in [0.05, 0.1) is 0 Å². The van der Waals surface area contributed by atoms with Crippen LogP contribution in [0.15, 0.2) is 60.7 Å². The number of aryl methyl sites for hydroxylation is 1. The Morgan fingerprint density at radius 2 is 1.94 bits per heavy atom. The fourth-order valence-electron chi connectivity index (χ4n) is 5.02. The van der Waals surface area contributed by atoms with Gasteiger partial charge in [-0.2, -0.15) is 0 Å². The highest BCUT2D eigenvalue weighted by molar-refractivity contribution is 6.03. The number of hydrogen-bond donors (Lipinski definition) is 2. The second-order valence-corrected chi connectivity index (χ2v) is 9.58.